The highest BCUT2D eigenvalue weighted by Crippen LogP contribution is 2.36. The summed E-state index contributed by atoms with van der Waals surface area (Å²) in [6, 6.07) is 11.4. The van der Waals surface area contributed by atoms with Crippen LogP contribution < -0.4 is 15.0 Å². The molecule has 0 bridgehead atoms. The van der Waals surface area contributed by atoms with Gasteiger partial charge in [0.2, 0.25) is 11.7 Å². The van der Waals surface area contributed by atoms with Crippen molar-refractivity contribution in [2.75, 3.05) is 12.0 Å². The van der Waals surface area contributed by atoms with E-state index in [-0.39, 0.29) is 18.3 Å². The molecular formula is C27H31N7O4. The van der Waals surface area contributed by atoms with E-state index < -0.39 is 17.5 Å². The van der Waals surface area contributed by atoms with Crippen LogP contribution in [0.1, 0.15) is 43.7 Å². The van der Waals surface area contributed by atoms with Crippen molar-refractivity contribution in [1.29, 1.82) is 0 Å². The minimum absolute atomic E-state index is 0.252. The maximum atomic E-state index is 14.0. The number of carbonyl (C=O) groups is 2. The van der Waals surface area contributed by atoms with E-state index in [0.717, 1.165) is 5.56 Å². The lowest BCUT2D eigenvalue weighted by atomic mass is 10.0. The molecule has 0 saturated heterocycles. The van der Waals surface area contributed by atoms with Crippen LogP contribution in [0.4, 0.5) is 5.69 Å². The summed E-state index contributed by atoms with van der Waals surface area (Å²) in [6.07, 6.45) is 3.17. The van der Waals surface area contributed by atoms with Crippen LogP contribution in [0, 0.1) is 13.8 Å². The lowest BCUT2D eigenvalue weighted by molar-refractivity contribution is -0.128. The molecule has 3 aromatic heterocycles. The largest absolute Gasteiger partial charge is 0.495 e. The number of benzene rings is 1. The number of carbonyl (C=O) groups excluding carboxylic acids is 2. The predicted molar refractivity (Wildman–Crippen MR) is 140 cm³/mol. The van der Waals surface area contributed by atoms with Crippen molar-refractivity contribution < 1.29 is 18.7 Å². The molecular weight excluding hydrogens is 486 g/mol. The first-order chi connectivity index (χ1) is 18.1. The quantitative estimate of drug-likeness (QED) is 0.375. The second-order valence-electron chi connectivity index (χ2n) is 9.92. The number of pyridine rings is 1. The van der Waals surface area contributed by atoms with Crippen LogP contribution in [0.25, 0.3) is 11.6 Å². The second-order valence-corrected chi connectivity index (χ2v) is 9.92. The van der Waals surface area contributed by atoms with E-state index in [2.05, 4.69) is 25.7 Å². The normalized spacial score (nSPS) is 12.2. The van der Waals surface area contributed by atoms with Crippen LogP contribution in [0.2, 0.25) is 0 Å². The smallest absolute Gasteiger partial charge is 0.251 e. The SMILES string of the molecule is COc1ccc(C)cc1N(C(=O)Cn1nnc(-c2ccc(C)o2)n1)[C@H](C(=O)NC(C)(C)C)c1ccncc1. The number of furan rings is 1. The zero-order valence-electron chi connectivity index (χ0n) is 22.3. The van der Waals surface area contributed by atoms with Gasteiger partial charge >= 0.3 is 0 Å². The van der Waals surface area contributed by atoms with Crippen LogP contribution in [-0.2, 0) is 16.1 Å². The van der Waals surface area contributed by atoms with E-state index in [0.29, 0.717) is 28.5 Å². The molecule has 1 aromatic carbocycles. The molecule has 38 heavy (non-hydrogen) atoms. The molecule has 0 aliphatic carbocycles. The van der Waals surface area contributed by atoms with Gasteiger partial charge in [-0.1, -0.05) is 6.07 Å². The van der Waals surface area contributed by atoms with Gasteiger partial charge in [-0.15, -0.1) is 10.2 Å². The fourth-order valence-corrected chi connectivity index (χ4v) is 3.97. The van der Waals surface area contributed by atoms with Gasteiger partial charge in [-0.05, 0) is 87.4 Å². The van der Waals surface area contributed by atoms with E-state index in [4.69, 9.17) is 9.15 Å². The Morgan fingerprint density at radius 1 is 1.11 bits per heavy atom. The van der Waals surface area contributed by atoms with Gasteiger partial charge < -0.3 is 14.5 Å². The Bertz CT molecular complexity index is 1420. The third-order valence-electron chi connectivity index (χ3n) is 5.58. The van der Waals surface area contributed by atoms with Crippen molar-refractivity contribution >= 4 is 17.5 Å². The number of hydrogen-bond acceptors (Lipinski definition) is 8. The average molecular weight is 518 g/mol. The van der Waals surface area contributed by atoms with Gasteiger partial charge in [0.05, 0.1) is 12.8 Å². The monoisotopic (exact) mass is 517 g/mol. The molecule has 4 aromatic rings. The molecule has 11 nitrogen and oxygen atoms in total. The van der Waals surface area contributed by atoms with E-state index in [1.807, 2.05) is 40.7 Å². The molecule has 4 rings (SSSR count). The van der Waals surface area contributed by atoms with Crippen molar-refractivity contribution in [3.63, 3.8) is 0 Å². The number of aromatic nitrogens is 5. The third kappa shape index (κ3) is 6.05. The Balaban J connectivity index is 1.80. The highest BCUT2D eigenvalue weighted by molar-refractivity contribution is 6.02. The van der Waals surface area contributed by atoms with Crippen molar-refractivity contribution in [2.24, 2.45) is 0 Å². The second kappa shape index (κ2) is 10.8. The number of hydrogen-bond donors (Lipinski definition) is 1. The summed E-state index contributed by atoms with van der Waals surface area (Å²) in [5, 5.41) is 15.4. The molecule has 0 aliphatic rings. The fourth-order valence-electron chi connectivity index (χ4n) is 3.97. The van der Waals surface area contributed by atoms with Gasteiger partial charge in [-0.3, -0.25) is 19.5 Å². The minimum atomic E-state index is -1.03. The average Bonchev–Trinajstić information content (AvgIpc) is 3.50. The Hall–Kier alpha value is -4.54. The summed E-state index contributed by atoms with van der Waals surface area (Å²) in [4.78, 5) is 34.5. The highest BCUT2D eigenvalue weighted by atomic mass is 16.5. The Labute approximate surface area is 220 Å². The van der Waals surface area contributed by atoms with Gasteiger partial charge in [-0.25, -0.2) is 0 Å². The molecule has 3 heterocycles. The van der Waals surface area contributed by atoms with Gasteiger partial charge in [0.1, 0.15) is 24.1 Å². The van der Waals surface area contributed by atoms with Crippen LogP contribution >= 0.6 is 0 Å². The van der Waals surface area contributed by atoms with Crippen molar-refractivity contribution in [3.8, 4) is 17.3 Å². The zero-order chi connectivity index (χ0) is 27.4. The maximum absolute atomic E-state index is 14.0. The minimum Gasteiger partial charge on any atom is -0.495 e. The summed E-state index contributed by atoms with van der Waals surface area (Å²) in [7, 11) is 1.52. The first-order valence-electron chi connectivity index (χ1n) is 12.1. The van der Waals surface area contributed by atoms with Crippen LogP contribution in [0.15, 0.2) is 59.3 Å². The summed E-state index contributed by atoms with van der Waals surface area (Å²) >= 11 is 0. The van der Waals surface area contributed by atoms with E-state index in [1.165, 1.54) is 16.8 Å². The third-order valence-corrected chi connectivity index (χ3v) is 5.58. The number of rotatable bonds is 8. The number of amides is 2. The first kappa shape index (κ1) is 26.5. The van der Waals surface area contributed by atoms with Crippen molar-refractivity contribution in [2.45, 2.75) is 52.7 Å². The maximum Gasteiger partial charge on any atom is 0.251 e. The lowest BCUT2D eigenvalue weighted by Crippen LogP contribution is -2.50. The van der Waals surface area contributed by atoms with Gasteiger partial charge in [-0.2, -0.15) is 4.80 Å². The topological polar surface area (TPSA) is 128 Å². The van der Waals surface area contributed by atoms with Gasteiger partial charge in [0.15, 0.2) is 5.76 Å². The van der Waals surface area contributed by atoms with Gasteiger partial charge in [0, 0.05) is 17.9 Å². The molecule has 0 aliphatic heterocycles. The molecule has 11 heteroatoms. The Morgan fingerprint density at radius 3 is 2.47 bits per heavy atom. The van der Waals surface area contributed by atoms with Crippen molar-refractivity contribution in [1.82, 2.24) is 30.5 Å². The fraction of sp³-hybridized carbons (Fsp3) is 0.333. The Kier molecular flexibility index (Phi) is 7.56. The van der Waals surface area contributed by atoms with Crippen molar-refractivity contribution in [3.05, 3.63) is 71.7 Å². The summed E-state index contributed by atoms with van der Waals surface area (Å²) < 4.78 is 11.2. The summed E-state index contributed by atoms with van der Waals surface area (Å²) in [5.74, 6) is 1.03. The number of nitrogens with zero attached hydrogens (tertiary/aromatic N) is 6. The standard InChI is InChI=1S/C27H31N7O4/c1-17-7-9-21(37-6)20(15-17)34(24(19-11-13-28-14-12-19)26(36)29-27(3,4)5)23(35)16-33-31-25(30-32-33)22-10-8-18(2)38-22/h7-15,24H,16H2,1-6H3,(H,29,36)/t24-/m0/s1. The number of anilines is 1. The molecule has 0 fully saturated rings. The lowest BCUT2D eigenvalue weighted by Gasteiger charge is -2.34. The predicted octanol–water partition coefficient (Wildman–Crippen LogP) is 3.64. The molecule has 0 unspecified atom stereocenters. The van der Waals surface area contributed by atoms with E-state index in [1.54, 1.807) is 48.8 Å². The van der Waals surface area contributed by atoms with E-state index >= 15 is 0 Å². The number of tetrazole rings is 1. The molecule has 1 N–H and O–H groups in total. The van der Waals surface area contributed by atoms with Gasteiger partial charge in [0.25, 0.3) is 5.91 Å². The molecule has 0 saturated carbocycles. The summed E-state index contributed by atoms with van der Waals surface area (Å²) in [6.45, 7) is 9.07. The van der Waals surface area contributed by atoms with Crippen LogP contribution in [-0.4, -0.2) is 49.7 Å². The van der Waals surface area contributed by atoms with E-state index in [9.17, 15) is 9.59 Å². The Morgan fingerprint density at radius 2 is 1.84 bits per heavy atom. The van der Waals surface area contributed by atoms with Crippen LogP contribution in [0.5, 0.6) is 5.75 Å². The molecule has 198 valence electrons. The number of nitrogens with one attached hydrogen (secondary N) is 1. The molecule has 0 spiro atoms. The zero-order valence-corrected chi connectivity index (χ0v) is 22.3. The molecule has 0 radical (unpaired) electrons. The summed E-state index contributed by atoms with van der Waals surface area (Å²) in [5.41, 5.74) is 1.36. The molecule has 2 amide bonds. The highest BCUT2D eigenvalue weighted by Gasteiger charge is 2.36. The first-order valence-corrected chi connectivity index (χ1v) is 12.1. The number of methoxy groups -OCH3 is 1. The molecule has 1 atom stereocenters. The number of aryl methyl sites for hydroxylation is 2. The number of ether oxygens (including phenoxy) is 1. The van der Waals surface area contributed by atoms with Crippen LogP contribution in [0.3, 0.4) is 0 Å².